The average molecular weight is 571 g/mol. The van der Waals surface area contributed by atoms with E-state index in [1.54, 1.807) is 30.3 Å². The van der Waals surface area contributed by atoms with Crippen LogP contribution in [0.25, 0.3) is 0 Å². The van der Waals surface area contributed by atoms with Crippen molar-refractivity contribution in [1.29, 1.82) is 0 Å². The summed E-state index contributed by atoms with van der Waals surface area (Å²) in [6.45, 7) is 2.79. The van der Waals surface area contributed by atoms with Crippen molar-refractivity contribution in [2.45, 2.75) is 29.9 Å². The zero-order valence-corrected chi connectivity index (χ0v) is 24.2. The second-order valence-corrected chi connectivity index (χ2v) is 10.3. The van der Waals surface area contributed by atoms with Crippen LogP contribution in [0, 0.1) is 0 Å². The summed E-state index contributed by atoms with van der Waals surface area (Å²) < 4.78 is 16.4. The maximum absolute atomic E-state index is 13.5. The highest BCUT2D eigenvalue weighted by Gasteiger charge is 2.23. The van der Waals surface area contributed by atoms with Crippen molar-refractivity contribution in [3.8, 4) is 17.2 Å². The maximum atomic E-state index is 13.5. The van der Waals surface area contributed by atoms with Gasteiger partial charge in [0.2, 0.25) is 5.91 Å². The highest BCUT2D eigenvalue weighted by molar-refractivity contribution is 8.00. The summed E-state index contributed by atoms with van der Waals surface area (Å²) in [6.07, 6.45) is 2.07. The Hall–Kier alpha value is -4.43. The van der Waals surface area contributed by atoms with Gasteiger partial charge in [-0.15, -0.1) is 11.8 Å². The van der Waals surface area contributed by atoms with Crippen molar-refractivity contribution < 1.29 is 23.8 Å². The van der Waals surface area contributed by atoms with Gasteiger partial charge in [-0.3, -0.25) is 9.59 Å². The largest absolute Gasteiger partial charge is 0.496 e. The Morgan fingerprint density at radius 3 is 1.98 bits per heavy atom. The number of hydrogen-bond acceptors (Lipinski definition) is 6. The first-order valence-corrected chi connectivity index (χ1v) is 14.3. The zero-order valence-electron chi connectivity index (χ0n) is 23.4. The minimum absolute atomic E-state index is 0.138. The fraction of sp³-hybridized carbons (Fsp3) is 0.212. The van der Waals surface area contributed by atoms with Crippen molar-refractivity contribution in [3.63, 3.8) is 0 Å². The van der Waals surface area contributed by atoms with Crippen LogP contribution in [0.5, 0.6) is 17.2 Å². The summed E-state index contributed by atoms with van der Waals surface area (Å²) in [6, 6.07) is 29.6. The third-order valence-corrected chi connectivity index (χ3v) is 7.52. The van der Waals surface area contributed by atoms with E-state index in [4.69, 9.17) is 14.2 Å². The lowest BCUT2D eigenvalue weighted by atomic mass is 10.1. The number of nitrogens with one attached hydrogen (secondary N) is 2. The molecule has 0 fully saturated rings. The van der Waals surface area contributed by atoms with Gasteiger partial charge in [-0.25, -0.2) is 0 Å². The standard InChI is InChI=1S/C33H34N2O5S/c1-4-5-22-40-26-18-14-24(15-19-26)35-33(37)31(23-10-7-6-8-11-23)41-27-20-16-25(17-21-27)34-32(36)30-28(38-2)12-9-13-29(30)39-3/h6-21,31H,4-5,22H2,1-3H3,(H,34,36)(H,35,37). The number of carbonyl (C=O) groups is 2. The SMILES string of the molecule is CCCCOc1ccc(NC(=O)C(Sc2ccc(NC(=O)c3c(OC)cccc3OC)cc2)c2ccccc2)cc1. The first-order chi connectivity index (χ1) is 20.0. The molecule has 4 rings (SSSR count). The lowest BCUT2D eigenvalue weighted by molar-refractivity contribution is -0.115. The fourth-order valence-electron chi connectivity index (χ4n) is 4.10. The lowest BCUT2D eigenvalue weighted by Gasteiger charge is -2.18. The summed E-state index contributed by atoms with van der Waals surface area (Å²) in [5, 5.41) is 5.44. The number of hydrogen-bond donors (Lipinski definition) is 2. The molecule has 0 aliphatic carbocycles. The molecule has 0 aliphatic heterocycles. The van der Waals surface area contributed by atoms with Gasteiger partial charge in [-0.1, -0.05) is 49.7 Å². The molecule has 212 valence electrons. The summed E-state index contributed by atoms with van der Waals surface area (Å²) in [5.74, 6) is 1.14. The molecule has 0 saturated carbocycles. The van der Waals surface area contributed by atoms with E-state index in [1.165, 1.54) is 26.0 Å². The highest BCUT2D eigenvalue weighted by atomic mass is 32.2. The van der Waals surface area contributed by atoms with Crippen LogP contribution < -0.4 is 24.8 Å². The normalized spacial score (nSPS) is 11.3. The van der Waals surface area contributed by atoms with Crippen LogP contribution in [0.3, 0.4) is 0 Å². The molecule has 7 nitrogen and oxygen atoms in total. The second kappa shape index (κ2) is 14.8. The van der Waals surface area contributed by atoms with Crippen LogP contribution in [0.15, 0.2) is 102 Å². The summed E-state index contributed by atoms with van der Waals surface area (Å²) in [7, 11) is 3.02. The number of methoxy groups -OCH3 is 2. The summed E-state index contributed by atoms with van der Waals surface area (Å²) >= 11 is 1.43. The summed E-state index contributed by atoms with van der Waals surface area (Å²) in [5.41, 5.74) is 2.51. The average Bonchev–Trinajstić information content (AvgIpc) is 3.01. The number of anilines is 2. The van der Waals surface area contributed by atoms with E-state index in [1.807, 2.05) is 66.7 Å². The van der Waals surface area contributed by atoms with Crippen molar-refractivity contribution in [3.05, 3.63) is 108 Å². The molecule has 1 unspecified atom stereocenters. The van der Waals surface area contributed by atoms with Crippen molar-refractivity contribution in [1.82, 2.24) is 0 Å². The van der Waals surface area contributed by atoms with E-state index in [0.29, 0.717) is 35.0 Å². The van der Waals surface area contributed by atoms with Crippen LogP contribution in [-0.4, -0.2) is 32.6 Å². The quantitative estimate of drug-likeness (QED) is 0.127. The third-order valence-electron chi connectivity index (χ3n) is 6.25. The number of benzene rings is 4. The molecule has 0 heterocycles. The van der Waals surface area contributed by atoms with E-state index in [2.05, 4.69) is 17.6 Å². The topological polar surface area (TPSA) is 85.9 Å². The van der Waals surface area contributed by atoms with Gasteiger partial charge >= 0.3 is 0 Å². The van der Waals surface area contributed by atoms with Crippen LogP contribution >= 0.6 is 11.8 Å². The predicted octanol–water partition coefficient (Wildman–Crippen LogP) is 7.61. The number of unbranched alkanes of at least 4 members (excludes halogenated alkanes) is 1. The van der Waals surface area contributed by atoms with Crippen molar-refractivity contribution in [2.24, 2.45) is 0 Å². The van der Waals surface area contributed by atoms with Gasteiger partial charge in [0.25, 0.3) is 5.91 Å². The van der Waals surface area contributed by atoms with Crippen molar-refractivity contribution in [2.75, 3.05) is 31.5 Å². The van der Waals surface area contributed by atoms with E-state index >= 15 is 0 Å². The molecule has 0 aliphatic rings. The van der Waals surface area contributed by atoms with Gasteiger partial charge < -0.3 is 24.8 Å². The number of carbonyl (C=O) groups excluding carboxylic acids is 2. The molecule has 2 N–H and O–H groups in total. The van der Waals surface area contributed by atoms with Crippen molar-refractivity contribution >= 4 is 35.0 Å². The molecule has 1 atom stereocenters. The molecule has 0 aromatic heterocycles. The molecular formula is C33H34N2O5S. The predicted molar refractivity (Wildman–Crippen MR) is 164 cm³/mol. The molecular weight excluding hydrogens is 536 g/mol. The van der Waals surface area contributed by atoms with Crippen LogP contribution in [0.1, 0.15) is 40.9 Å². The first kappa shape index (κ1) is 29.6. The van der Waals surface area contributed by atoms with Crippen LogP contribution in [0.2, 0.25) is 0 Å². The van der Waals surface area contributed by atoms with Gasteiger partial charge in [0.1, 0.15) is 28.1 Å². The molecule has 0 spiro atoms. The van der Waals surface area contributed by atoms with Crippen LogP contribution in [-0.2, 0) is 4.79 Å². The first-order valence-electron chi connectivity index (χ1n) is 13.4. The Morgan fingerprint density at radius 2 is 1.37 bits per heavy atom. The Morgan fingerprint density at radius 1 is 0.756 bits per heavy atom. The number of thioether (sulfide) groups is 1. The molecule has 8 heteroatoms. The molecule has 0 saturated heterocycles. The van der Waals surface area contributed by atoms with E-state index in [0.717, 1.165) is 29.1 Å². The minimum atomic E-state index is -0.491. The second-order valence-electron chi connectivity index (χ2n) is 9.14. The van der Waals surface area contributed by atoms with Gasteiger partial charge in [0.05, 0.1) is 20.8 Å². The molecule has 0 bridgehead atoms. The molecule has 41 heavy (non-hydrogen) atoms. The molecule has 4 aromatic carbocycles. The Bertz CT molecular complexity index is 1400. The number of amides is 2. The number of ether oxygens (including phenoxy) is 3. The molecule has 0 radical (unpaired) electrons. The van der Waals surface area contributed by atoms with E-state index < -0.39 is 5.25 Å². The molecule has 4 aromatic rings. The van der Waals surface area contributed by atoms with E-state index in [9.17, 15) is 9.59 Å². The lowest BCUT2D eigenvalue weighted by Crippen LogP contribution is -2.19. The van der Waals surface area contributed by atoms with Gasteiger partial charge in [0.15, 0.2) is 0 Å². The van der Waals surface area contributed by atoms with Crippen LogP contribution in [0.4, 0.5) is 11.4 Å². The Labute approximate surface area is 245 Å². The minimum Gasteiger partial charge on any atom is -0.496 e. The monoisotopic (exact) mass is 570 g/mol. The Kier molecular flexibility index (Phi) is 10.7. The smallest absolute Gasteiger partial charge is 0.263 e. The third kappa shape index (κ3) is 8.05. The maximum Gasteiger partial charge on any atom is 0.263 e. The number of rotatable bonds is 13. The van der Waals surface area contributed by atoms with Gasteiger partial charge in [0, 0.05) is 16.3 Å². The highest BCUT2D eigenvalue weighted by Crippen LogP contribution is 2.37. The zero-order chi connectivity index (χ0) is 29.0. The fourth-order valence-corrected chi connectivity index (χ4v) is 5.12. The van der Waals surface area contributed by atoms with E-state index in [-0.39, 0.29) is 11.8 Å². The molecule has 2 amide bonds. The van der Waals surface area contributed by atoms with Gasteiger partial charge in [-0.2, -0.15) is 0 Å². The summed E-state index contributed by atoms with van der Waals surface area (Å²) in [4.78, 5) is 27.4. The van der Waals surface area contributed by atoms with Gasteiger partial charge in [-0.05, 0) is 72.6 Å². The Balaban J connectivity index is 1.46.